The van der Waals surface area contributed by atoms with Gasteiger partial charge in [0.1, 0.15) is 30.0 Å². The van der Waals surface area contributed by atoms with E-state index in [0.29, 0.717) is 22.3 Å². The van der Waals surface area contributed by atoms with Crippen molar-refractivity contribution in [3.63, 3.8) is 0 Å². The minimum absolute atomic E-state index is 0.0158. The second-order valence-electron chi connectivity index (χ2n) is 11.6. The molecule has 0 aliphatic heterocycles. The Kier molecular flexibility index (Phi) is 16.2. The summed E-state index contributed by atoms with van der Waals surface area (Å²) in [6.07, 6.45) is -2.22. The number of Topliss-reactive ketones (excluding diaryl/α,β-unsaturated/α-hetero) is 1. The summed E-state index contributed by atoms with van der Waals surface area (Å²) in [4.78, 5) is 105. The molecule has 0 aliphatic rings. The number of carbonyl (C=O) groups excluding carboxylic acids is 3. The Labute approximate surface area is 295 Å². The average molecular weight is 731 g/mol. The van der Waals surface area contributed by atoms with Crippen LogP contribution in [0.1, 0.15) is 47.9 Å². The molecule has 4 amide bonds. The fourth-order valence-electron chi connectivity index (χ4n) is 4.74. The van der Waals surface area contributed by atoms with Gasteiger partial charge in [0.25, 0.3) is 0 Å². The van der Waals surface area contributed by atoms with E-state index < -0.39 is 97.7 Å². The van der Waals surface area contributed by atoms with Crippen molar-refractivity contribution in [1.29, 1.82) is 0 Å². The number of hydrogen-bond donors (Lipinski definition) is 10. The van der Waals surface area contributed by atoms with Crippen LogP contribution in [0.25, 0.3) is 0 Å². The van der Waals surface area contributed by atoms with Crippen molar-refractivity contribution in [3.8, 4) is 0 Å². The van der Waals surface area contributed by atoms with Crippen LogP contribution in [-0.2, 0) is 59.2 Å². The topological polar surface area (TPSA) is 323 Å². The molecule has 0 bridgehead atoms. The van der Waals surface area contributed by atoms with Crippen LogP contribution in [0.15, 0.2) is 48.5 Å². The van der Waals surface area contributed by atoms with Crippen LogP contribution < -0.4 is 21.3 Å². The highest BCUT2D eigenvalue weighted by Crippen LogP contribution is 2.13. The Morgan fingerprint density at radius 2 is 0.692 bits per heavy atom. The smallest absolute Gasteiger partial charge is 0.326 e. The van der Waals surface area contributed by atoms with Gasteiger partial charge in [-0.05, 0) is 35.1 Å². The fourth-order valence-corrected chi connectivity index (χ4v) is 4.74. The first-order chi connectivity index (χ1) is 24.4. The van der Waals surface area contributed by atoms with Crippen LogP contribution in [0.2, 0.25) is 0 Å². The number of rotatable bonds is 22. The standard InChI is InChI=1S/C33H38N4O15/c38-21(13-17-1-5-19(6-2-17)15-24(30(47)48)36-32(51)34-22(28(43)44)9-11-26(39)40)14-18-3-7-20(8-4-18)16-25(31(49)50)37-33(52)35-23(29(45)46)10-12-27(41)42/h1-8,22-25H,9-16H2,(H,39,40)(H,41,42)(H,43,44)(H,45,46)(H,47,48)(H,49,50)(H2,34,36,51)(H2,35,37,52)/t22?,23?,24-,25-/m0/s1. The number of carbonyl (C=O) groups is 9. The Bertz CT molecular complexity index is 1520. The Morgan fingerprint density at radius 1 is 0.423 bits per heavy atom. The molecule has 2 rings (SSSR count). The van der Waals surface area contributed by atoms with E-state index >= 15 is 0 Å². The monoisotopic (exact) mass is 730 g/mol. The summed E-state index contributed by atoms with van der Waals surface area (Å²) < 4.78 is 0. The second-order valence-corrected chi connectivity index (χ2v) is 11.6. The van der Waals surface area contributed by atoms with Gasteiger partial charge in [-0.25, -0.2) is 28.8 Å². The number of hydrogen-bond acceptors (Lipinski definition) is 9. The van der Waals surface area contributed by atoms with E-state index in [4.69, 9.17) is 10.2 Å². The minimum atomic E-state index is -1.55. The molecular weight excluding hydrogens is 692 g/mol. The van der Waals surface area contributed by atoms with Gasteiger partial charge in [0.15, 0.2) is 0 Å². The molecule has 0 aromatic heterocycles. The van der Waals surface area contributed by atoms with Gasteiger partial charge in [0, 0.05) is 38.5 Å². The van der Waals surface area contributed by atoms with Crippen molar-refractivity contribution in [2.75, 3.05) is 0 Å². The van der Waals surface area contributed by atoms with Crippen LogP contribution in [-0.4, -0.2) is 108 Å². The molecule has 0 saturated carbocycles. The average Bonchev–Trinajstić information content (AvgIpc) is 3.05. The van der Waals surface area contributed by atoms with Crippen LogP contribution in [0.5, 0.6) is 0 Å². The van der Waals surface area contributed by atoms with E-state index in [1.165, 1.54) is 0 Å². The summed E-state index contributed by atoms with van der Waals surface area (Å²) in [5, 5.41) is 63.4. The Hall–Kier alpha value is -6.53. The van der Waals surface area contributed by atoms with E-state index in [9.17, 15) is 63.6 Å². The van der Waals surface area contributed by atoms with Gasteiger partial charge in [0.05, 0.1) is 0 Å². The van der Waals surface area contributed by atoms with Crippen LogP contribution in [0.4, 0.5) is 9.59 Å². The quantitative estimate of drug-likeness (QED) is 0.0777. The molecule has 280 valence electrons. The minimum Gasteiger partial charge on any atom is -0.481 e. The summed E-state index contributed by atoms with van der Waals surface area (Å²) in [6, 6.07) is 4.42. The predicted octanol–water partition coefficient (Wildman–Crippen LogP) is 0.267. The first kappa shape index (κ1) is 41.6. The molecule has 2 unspecified atom stereocenters. The van der Waals surface area contributed by atoms with Gasteiger partial charge < -0.3 is 51.9 Å². The molecule has 4 atom stereocenters. The molecular formula is C33H38N4O15. The lowest BCUT2D eigenvalue weighted by molar-refractivity contribution is -0.142. The number of ketones is 1. The van der Waals surface area contributed by atoms with Gasteiger partial charge in [-0.3, -0.25) is 14.4 Å². The molecule has 19 heteroatoms. The highest BCUT2D eigenvalue weighted by atomic mass is 16.4. The molecule has 0 heterocycles. The van der Waals surface area contributed by atoms with Crippen molar-refractivity contribution >= 4 is 53.7 Å². The SMILES string of the molecule is O=C(O)CCC(NC(=O)N[C@@H](Cc1ccc(CC(=O)Cc2ccc(C[C@H](NC(=O)NC(CCC(=O)O)C(=O)O)C(=O)O)cc2)cc1)C(=O)O)C(=O)O. The maximum Gasteiger partial charge on any atom is 0.326 e. The maximum atomic E-state index is 12.8. The zero-order valence-electron chi connectivity index (χ0n) is 27.4. The fraction of sp³-hybridized carbons (Fsp3) is 0.364. The number of nitrogens with one attached hydrogen (secondary N) is 4. The van der Waals surface area contributed by atoms with Crippen LogP contribution in [0.3, 0.4) is 0 Å². The third-order valence-corrected chi connectivity index (χ3v) is 7.44. The molecule has 2 aromatic rings. The molecule has 19 nitrogen and oxygen atoms in total. The Balaban J connectivity index is 1.92. The lowest BCUT2D eigenvalue weighted by Crippen LogP contribution is -2.51. The van der Waals surface area contributed by atoms with Crippen molar-refractivity contribution in [2.45, 2.75) is 75.5 Å². The maximum absolute atomic E-state index is 12.8. The van der Waals surface area contributed by atoms with Crippen molar-refractivity contribution < 1.29 is 73.8 Å². The molecule has 0 aliphatic carbocycles. The van der Waals surface area contributed by atoms with Gasteiger partial charge in [-0.2, -0.15) is 0 Å². The summed E-state index contributed by atoms with van der Waals surface area (Å²) in [5.74, 6) is -8.51. The highest BCUT2D eigenvalue weighted by molar-refractivity contribution is 5.87. The molecule has 52 heavy (non-hydrogen) atoms. The van der Waals surface area contributed by atoms with Gasteiger partial charge in [0.2, 0.25) is 0 Å². The Morgan fingerprint density at radius 3 is 0.962 bits per heavy atom. The molecule has 10 N–H and O–H groups in total. The number of urea groups is 2. The van der Waals surface area contributed by atoms with E-state index in [0.717, 1.165) is 0 Å². The summed E-state index contributed by atoms with van der Waals surface area (Å²) in [7, 11) is 0. The van der Waals surface area contributed by atoms with Gasteiger partial charge in [-0.15, -0.1) is 0 Å². The third kappa shape index (κ3) is 15.3. The zero-order valence-corrected chi connectivity index (χ0v) is 27.4. The number of carboxylic acid groups (broad SMARTS) is 6. The normalized spacial score (nSPS) is 12.9. The molecule has 0 saturated heterocycles. The largest absolute Gasteiger partial charge is 0.481 e. The third-order valence-electron chi connectivity index (χ3n) is 7.44. The summed E-state index contributed by atoms with van der Waals surface area (Å²) in [6.45, 7) is 0. The molecule has 0 spiro atoms. The number of amides is 4. The van der Waals surface area contributed by atoms with Crippen molar-refractivity contribution in [3.05, 3.63) is 70.8 Å². The number of carboxylic acids is 6. The second kappa shape index (κ2) is 20.2. The lowest BCUT2D eigenvalue weighted by Gasteiger charge is -2.18. The number of benzene rings is 2. The van der Waals surface area contributed by atoms with Crippen LogP contribution >= 0.6 is 0 Å². The summed E-state index contributed by atoms with van der Waals surface area (Å²) in [5.41, 5.74) is 2.17. The van der Waals surface area contributed by atoms with Crippen LogP contribution in [0, 0.1) is 0 Å². The first-order valence-corrected chi connectivity index (χ1v) is 15.6. The first-order valence-electron chi connectivity index (χ1n) is 15.6. The lowest BCUT2D eigenvalue weighted by atomic mass is 9.98. The molecule has 2 aromatic carbocycles. The van der Waals surface area contributed by atoms with Crippen molar-refractivity contribution in [2.24, 2.45) is 0 Å². The van der Waals surface area contributed by atoms with E-state index in [-0.39, 0.29) is 31.5 Å². The molecule has 0 fully saturated rings. The molecule has 0 radical (unpaired) electrons. The summed E-state index contributed by atoms with van der Waals surface area (Å²) >= 11 is 0. The zero-order chi connectivity index (χ0) is 39.0. The van der Waals surface area contributed by atoms with Crippen molar-refractivity contribution in [1.82, 2.24) is 21.3 Å². The van der Waals surface area contributed by atoms with E-state index in [1.54, 1.807) is 48.5 Å². The predicted molar refractivity (Wildman–Crippen MR) is 175 cm³/mol. The highest BCUT2D eigenvalue weighted by Gasteiger charge is 2.27. The van der Waals surface area contributed by atoms with Gasteiger partial charge >= 0.3 is 47.9 Å². The van der Waals surface area contributed by atoms with Gasteiger partial charge in [-0.1, -0.05) is 48.5 Å². The van der Waals surface area contributed by atoms with E-state index in [1.807, 2.05) is 10.6 Å². The number of aliphatic carboxylic acids is 6. The van der Waals surface area contributed by atoms with E-state index in [2.05, 4.69) is 10.6 Å².